The highest BCUT2D eigenvalue weighted by atomic mass is 35.5. The van der Waals surface area contributed by atoms with Gasteiger partial charge in [-0.15, -0.1) is 0 Å². The molecule has 1 saturated carbocycles. The summed E-state index contributed by atoms with van der Waals surface area (Å²) < 4.78 is 72.5. The Kier molecular flexibility index (Phi) is 8.40. The number of amides is 2. The molecule has 0 atom stereocenters. The van der Waals surface area contributed by atoms with Crippen LogP contribution in [0.5, 0.6) is 0 Å². The fourth-order valence-corrected chi connectivity index (χ4v) is 7.33. The number of rotatable bonds is 7. The number of aromatic nitrogens is 4. The minimum atomic E-state index is -4.69. The SMILES string of the molecule is Cn1c(-c2cn(C3CC3)nc2C(F)(F)F)cnc1C(=O)Nc1ccc(C(=O)N2CCN(S(=O)(=O)N3CCNCC3)CC2)c(Cl)c1. The van der Waals surface area contributed by atoms with E-state index in [4.69, 9.17) is 11.6 Å². The van der Waals surface area contributed by atoms with Crippen LogP contribution in [0.25, 0.3) is 11.3 Å². The van der Waals surface area contributed by atoms with E-state index in [2.05, 4.69) is 20.7 Å². The van der Waals surface area contributed by atoms with Gasteiger partial charge in [0.25, 0.3) is 22.0 Å². The molecule has 242 valence electrons. The quantitative estimate of drug-likeness (QED) is 0.394. The predicted octanol–water partition coefficient (Wildman–Crippen LogP) is 2.45. The van der Waals surface area contributed by atoms with Gasteiger partial charge >= 0.3 is 6.18 Å². The van der Waals surface area contributed by atoms with Crippen molar-refractivity contribution in [1.82, 2.24) is 38.2 Å². The summed E-state index contributed by atoms with van der Waals surface area (Å²) in [6.45, 7) is 2.66. The minimum absolute atomic E-state index is 0.0662. The summed E-state index contributed by atoms with van der Waals surface area (Å²) in [5.41, 5.74) is -0.704. The summed E-state index contributed by atoms with van der Waals surface area (Å²) in [4.78, 5) is 31.9. The molecule has 2 aliphatic heterocycles. The van der Waals surface area contributed by atoms with E-state index < -0.39 is 28.0 Å². The van der Waals surface area contributed by atoms with E-state index in [1.807, 2.05) is 0 Å². The molecule has 2 aromatic heterocycles. The van der Waals surface area contributed by atoms with Crippen molar-refractivity contribution in [3.8, 4) is 11.3 Å². The van der Waals surface area contributed by atoms with Crippen molar-refractivity contribution in [2.24, 2.45) is 7.05 Å². The summed E-state index contributed by atoms with van der Waals surface area (Å²) in [5.74, 6) is -1.20. The van der Waals surface area contributed by atoms with Crippen LogP contribution in [0.3, 0.4) is 0 Å². The highest BCUT2D eigenvalue weighted by Gasteiger charge is 2.40. The maximum Gasteiger partial charge on any atom is 0.435 e. The third-order valence-corrected chi connectivity index (χ3v) is 10.4. The monoisotopic (exact) mass is 669 g/mol. The van der Waals surface area contributed by atoms with Gasteiger partial charge in [0.2, 0.25) is 0 Å². The molecule has 13 nitrogen and oxygen atoms in total. The molecule has 18 heteroatoms. The van der Waals surface area contributed by atoms with Gasteiger partial charge in [-0.25, -0.2) is 4.98 Å². The topological polar surface area (TPSA) is 138 Å². The minimum Gasteiger partial charge on any atom is -0.336 e. The Labute approximate surface area is 262 Å². The third-order valence-electron chi connectivity index (χ3n) is 8.10. The van der Waals surface area contributed by atoms with Gasteiger partial charge < -0.3 is 20.1 Å². The lowest BCUT2D eigenvalue weighted by atomic mass is 10.1. The van der Waals surface area contributed by atoms with E-state index in [1.54, 1.807) is 0 Å². The molecule has 2 amide bonds. The number of nitrogens with one attached hydrogen (secondary N) is 2. The second kappa shape index (κ2) is 12.0. The molecule has 1 aromatic carbocycles. The molecule has 3 aliphatic rings. The number of carbonyl (C=O) groups is 2. The summed E-state index contributed by atoms with van der Waals surface area (Å²) >= 11 is 6.43. The van der Waals surface area contributed by atoms with E-state index in [9.17, 15) is 31.2 Å². The number of alkyl halides is 3. The Balaban J connectivity index is 1.11. The normalized spacial score (nSPS) is 18.7. The standard InChI is InChI=1S/C27H31ClF3N9O4S/c1-36-22(20-16-40(18-3-4-18)35-23(20)27(29,30)31)15-33-24(36)25(41)34-17-2-5-19(21(28)14-17)26(42)37-10-12-39(13-11-37)45(43,44)38-8-6-32-7-9-38/h2,5,14-16,18,32H,3-4,6-13H2,1H3,(H,34,41). The largest absolute Gasteiger partial charge is 0.435 e. The molecule has 2 N–H and O–H groups in total. The molecule has 6 rings (SSSR count). The Morgan fingerprint density at radius 1 is 1.04 bits per heavy atom. The first-order valence-corrected chi connectivity index (χ1v) is 16.2. The predicted molar refractivity (Wildman–Crippen MR) is 158 cm³/mol. The van der Waals surface area contributed by atoms with Crippen molar-refractivity contribution < 1.29 is 31.2 Å². The smallest absolute Gasteiger partial charge is 0.336 e. The van der Waals surface area contributed by atoms with Crippen LogP contribution in [0.1, 0.15) is 45.6 Å². The number of anilines is 1. The lowest BCUT2D eigenvalue weighted by molar-refractivity contribution is -0.141. The van der Waals surface area contributed by atoms with Crippen LogP contribution >= 0.6 is 11.6 Å². The molecular weight excluding hydrogens is 639 g/mol. The Bertz CT molecular complexity index is 1720. The van der Waals surface area contributed by atoms with Crippen LogP contribution in [0, 0.1) is 0 Å². The van der Waals surface area contributed by atoms with Crippen LogP contribution < -0.4 is 10.6 Å². The van der Waals surface area contributed by atoms with Gasteiger partial charge in [0.15, 0.2) is 11.5 Å². The average Bonchev–Trinajstić information content (AvgIpc) is 3.64. The summed E-state index contributed by atoms with van der Waals surface area (Å²) in [7, 11) is -2.17. The van der Waals surface area contributed by atoms with Crippen LogP contribution in [-0.4, -0.2) is 105 Å². The molecular formula is C27H31ClF3N9O4S. The summed E-state index contributed by atoms with van der Waals surface area (Å²) in [5, 5.41) is 9.57. The first-order chi connectivity index (χ1) is 21.3. The number of hydrogen-bond donors (Lipinski definition) is 2. The van der Waals surface area contributed by atoms with Gasteiger partial charge in [0.1, 0.15) is 0 Å². The molecule has 2 saturated heterocycles. The number of imidazole rings is 1. The zero-order valence-corrected chi connectivity index (χ0v) is 25.8. The van der Waals surface area contributed by atoms with Gasteiger partial charge in [-0.3, -0.25) is 14.3 Å². The lowest BCUT2D eigenvalue weighted by Crippen LogP contribution is -2.57. The fraction of sp³-hybridized carbons (Fsp3) is 0.481. The van der Waals surface area contributed by atoms with E-state index in [0.717, 1.165) is 12.8 Å². The highest BCUT2D eigenvalue weighted by Crippen LogP contribution is 2.41. The maximum absolute atomic E-state index is 13.7. The molecule has 0 unspecified atom stereocenters. The zero-order chi connectivity index (χ0) is 32.1. The van der Waals surface area contributed by atoms with Gasteiger partial charge in [-0.05, 0) is 31.0 Å². The van der Waals surface area contributed by atoms with Crippen molar-refractivity contribution in [2.75, 3.05) is 57.7 Å². The van der Waals surface area contributed by atoms with Gasteiger partial charge in [-0.1, -0.05) is 11.6 Å². The number of benzene rings is 1. The van der Waals surface area contributed by atoms with E-state index >= 15 is 0 Å². The van der Waals surface area contributed by atoms with E-state index in [-0.39, 0.29) is 71.5 Å². The second-order valence-corrected chi connectivity index (χ2v) is 13.5. The molecule has 1 aliphatic carbocycles. The number of hydrogen-bond acceptors (Lipinski definition) is 7. The molecule has 0 radical (unpaired) electrons. The van der Waals surface area contributed by atoms with Gasteiger partial charge in [0, 0.05) is 71.3 Å². The fourth-order valence-electron chi connectivity index (χ4n) is 5.47. The molecule has 3 fully saturated rings. The summed E-state index contributed by atoms with van der Waals surface area (Å²) in [6.07, 6.45) is -0.652. The number of halogens is 4. The number of nitrogens with zero attached hydrogens (tertiary/aromatic N) is 7. The maximum atomic E-state index is 13.7. The Morgan fingerprint density at radius 2 is 1.71 bits per heavy atom. The average molecular weight is 670 g/mol. The Hall–Kier alpha value is -3.51. The van der Waals surface area contributed by atoms with E-state index in [0.29, 0.717) is 26.2 Å². The first-order valence-electron chi connectivity index (χ1n) is 14.4. The molecule has 0 spiro atoms. The van der Waals surface area contributed by atoms with Crippen molar-refractivity contribution in [3.63, 3.8) is 0 Å². The van der Waals surface area contributed by atoms with E-state index in [1.165, 1.54) is 60.4 Å². The van der Waals surface area contributed by atoms with Crippen LogP contribution in [0.4, 0.5) is 18.9 Å². The first kappa shape index (κ1) is 31.5. The van der Waals surface area contributed by atoms with Crippen molar-refractivity contribution in [1.29, 1.82) is 0 Å². The molecule has 0 bridgehead atoms. The second-order valence-electron chi connectivity index (χ2n) is 11.1. The summed E-state index contributed by atoms with van der Waals surface area (Å²) in [6, 6.07) is 4.25. The van der Waals surface area contributed by atoms with Crippen molar-refractivity contribution in [2.45, 2.75) is 25.1 Å². The number of piperazine rings is 2. The van der Waals surface area contributed by atoms with Crippen LogP contribution in [0.15, 0.2) is 30.6 Å². The zero-order valence-electron chi connectivity index (χ0n) is 24.2. The van der Waals surface area contributed by atoms with Gasteiger partial charge in [-0.2, -0.15) is 35.3 Å². The highest BCUT2D eigenvalue weighted by molar-refractivity contribution is 7.86. The van der Waals surface area contributed by atoms with Crippen molar-refractivity contribution in [3.05, 3.63) is 52.7 Å². The lowest BCUT2D eigenvalue weighted by Gasteiger charge is -2.37. The number of carbonyl (C=O) groups excluding carboxylic acids is 2. The molecule has 4 heterocycles. The molecule has 3 aromatic rings. The Morgan fingerprint density at radius 3 is 2.33 bits per heavy atom. The molecule has 45 heavy (non-hydrogen) atoms. The van der Waals surface area contributed by atoms with Crippen LogP contribution in [0.2, 0.25) is 5.02 Å². The van der Waals surface area contributed by atoms with Crippen molar-refractivity contribution >= 4 is 39.3 Å². The van der Waals surface area contributed by atoms with Gasteiger partial charge in [0.05, 0.1) is 34.1 Å². The van der Waals surface area contributed by atoms with Crippen LogP contribution in [-0.2, 0) is 23.4 Å². The third kappa shape index (κ3) is 6.31.